The Kier molecular flexibility index (Phi) is 3.01. The van der Waals surface area contributed by atoms with Crippen LogP contribution in [0.15, 0.2) is 30.3 Å². The normalized spacial score (nSPS) is 28.8. The summed E-state index contributed by atoms with van der Waals surface area (Å²) in [5, 5.41) is 0. The minimum absolute atomic E-state index is 0.174. The second kappa shape index (κ2) is 4.16. The van der Waals surface area contributed by atoms with Crippen molar-refractivity contribution in [1.82, 2.24) is 4.72 Å². The highest BCUT2D eigenvalue weighted by Crippen LogP contribution is 2.26. The van der Waals surface area contributed by atoms with E-state index in [-0.39, 0.29) is 12.0 Å². The average molecular weight is 241 g/mol. The van der Waals surface area contributed by atoms with Crippen LogP contribution in [0.1, 0.15) is 12.5 Å². The molecule has 0 aliphatic carbocycles. The Balaban J connectivity index is 2.06. The van der Waals surface area contributed by atoms with Gasteiger partial charge in [0.1, 0.15) is 0 Å². The van der Waals surface area contributed by atoms with Gasteiger partial charge >= 0.3 is 10.3 Å². The maximum Gasteiger partial charge on any atom is 0.335 e. The largest absolute Gasteiger partial charge is 0.335 e. The second-order valence-electron chi connectivity index (χ2n) is 4.51. The van der Waals surface area contributed by atoms with Gasteiger partial charge in [0.25, 0.3) is 0 Å². The van der Waals surface area contributed by atoms with E-state index in [1.54, 1.807) is 0 Å². The third-order valence-electron chi connectivity index (χ3n) is 2.71. The summed E-state index contributed by atoms with van der Waals surface area (Å²) in [6.45, 7) is 2.67. The Morgan fingerprint density at radius 1 is 1.38 bits per heavy atom. The van der Waals surface area contributed by atoms with E-state index >= 15 is 0 Å². The van der Waals surface area contributed by atoms with Gasteiger partial charge in [-0.15, -0.1) is 0 Å². The van der Waals surface area contributed by atoms with Crippen molar-refractivity contribution in [2.24, 2.45) is 5.41 Å². The molecular formula is C11H15NO3S. The molecule has 1 fully saturated rings. The molecule has 5 heteroatoms. The van der Waals surface area contributed by atoms with Crippen molar-refractivity contribution in [3.8, 4) is 0 Å². The first-order valence-corrected chi connectivity index (χ1v) is 6.58. The Bertz CT molecular complexity index is 441. The first-order valence-electron chi connectivity index (χ1n) is 5.17. The molecule has 1 aromatic rings. The molecule has 1 heterocycles. The number of hydrogen-bond donors (Lipinski definition) is 1. The van der Waals surface area contributed by atoms with Crippen molar-refractivity contribution in [2.45, 2.75) is 13.3 Å². The van der Waals surface area contributed by atoms with Crippen LogP contribution in [0.25, 0.3) is 0 Å². The van der Waals surface area contributed by atoms with Crippen molar-refractivity contribution in [3.63, 3.8) is 0 Å². The van der Waals surface area contributed by atoms with Crippen molar-refractivity contribution >= 4 is 10.3 Å². The lowest BCUT2D eigenvalue weighted by molar-refractivity contribution is 0.142. The molecule has 0 bridgehead atoms. The third-order valence-corrected chi connectivity index (χ3v) is 3.64. The van der Waals surface area contributed by atoms with Gasteiger partial charge in [0, 0.05) is 12.0 Å². The SMILES string of the molecule is CC1(Cc2ccccc2)CNS(=O)(=O)OC1. The van der Waals surface area contributed by atoms with Crippen molar-refractivity contribution in [3.05, 3.63) is 35.9 Å². The zero-order valence-corrected chi connectivity index (χ0v) is 9.96. The Labute approximate surface area is 95.9 Å². The molecule has 1 unspecified atom stereocenters. The highest BCUT2D eigenvalue weighted by molar-refractivity contribution is 7.84. The van der Waals surface area contributed by atoms with Crippen LogP contribution in [0.3, 0.4) is 0 Å². The van der Waals surface area contributed by atoms with Crippen molar-refractivity contribution in [2.75, 3.05) is 13.2 Å². The maximum atomic E-state index is 11.1. The molecular weight excluding hydrogens is 226 g/mol. The quantitative estimate of drug-likeness (QED) is 0.843. The maximum absolute atomic E-state index is 11.1. The first-order chi connectivity index (χ1) is 7.49. The highest BCUT2D eigenvalue weighted by Gasteiger charge is 2.33. The van der Waals surface area contributed by atoms with Gasteiger partial charge in [-0.2, -0.15) is 13.1 Å². The summed E-state index contributed by atoms with van der Waals surface area (Å²) in [4.78, 5) is 0. The smallest absolute Gasteiger partial charge is 0.257 e. The number of nitrogens with one attached hydrogen (secondary N) is 1. The molecule has 0 aromatic heterocycles. The van der Waals surface area contributed by atoms with Gasteiger partial charge < -0.3 is 0 Å². The van der Waals surface area contributed by atoms with Crippen LogP contribution in [0.5, 0.6) is 0 Å². The van der Waals surface area contributed by atoms with Crippen LogP contribution in [0.4, 0.5) is 0 Å². The molecule has 4 nitrogen and oxygen atoms in total. The van der Waals surface area contributed by atoms with Gasteiger partial charge in [-0.3, -0.25) is 4.18 Å². The average Bonchev–Trinajstić information content (AvgIpc) is 2.25. The summed E-state index contributed by atoms with van der Waals surface area (Å²) in [5.41, 5.74) is 1.02. The molecule has 0 spiro atoms. The zero-order chi connectivity index (χ0) is 11.6. The Morgan fingerprint density at radius 2 is 2.06 bits per heavy atom. The lowest BCUT2D eigenvalue weighted by Crippen LogP contribution is -2.47. The van der Waals surface area contributed by atoms with E-state index in [0.717, 1.165) is 6.42 Å². The van der Waals surface area contributed by atoms with Crippen molar-refractivity contribution < 1.29 is 12.6 Å². The summed E-state index contributed by atoms with van der Waals surface area (Å²) in [6, 6.07) is 9.99. The first kappa shape index (κ1) is 11.6. The van der Waals surface area contributed by atoms with Crippen LogP contribution >= 0.6 is 0 Å². The number of hydrogen-bond acceptors (Lipinski definition) is 3. The molecule has 1 N–H and O–H groups in total. The molecule has 0 amide bonds. The van der Waals surface area contributed by atoms with Crippen LogP contribution in [-0.4, -0.2) is 21.6 Å². The molecule has 0 saturated carbocycles. The number of rotatable bonds is 2. The van der Waals surface area contributed by atoms with Crippen LogP contribution in [0, 0.1) is 5.41 Å². The minimum atomic E-state index is -3.50. The summed E-state index contributed by atoms with van der Waals surface area (Å²) in [7, 11) is -3.50. The van der Waals surface area contributed by atoms with Crippen LogP contribution < -0.4 is 4.72 Å². The van der Waals surface area contributed by atoms with E-state index in [4.69, 9.17) is 4.18 Å². The van der Waals surface area contributed by atoms with E-state index in [2.05, 4.69) is 4.72 Å². The molecule has 0 radical (unpaired) electrons. The molecule has 1 aromatic carbocycles. The third kappa shape index (κ3) is 2.81. The fourth-order valence-corrected chi connectivity index (χ4v) is 2.83. The Morgan fingerprint density at radius 3 is 2.62 bits per heavy atom. The van der Waals surface area contributed by atoms with E-state index in [9.17, 15) is 8.42 Å². The predicted molar refractivity (Wildman–Crippen MR) is 61.1 cm³/mol. The van der Waals surface area contributed by atoms with Gasteiger partial charge in [-0.1, -0.05) is 37.3 Å². The second-order valence-corrected chi connectivity index (χ2v) is 5.94. The van der Waals surface area contributed by atoms with Gasteiger partial charge in [-0.05, 0) is 12.0 Å². The molecule has 16 heavy (non-hydrogen) atoms. The fourth-order valence-electron chi connectivity index (χ4n) is 1.78. The highest BCUT2D eigenvalue weighted by atomic mass is 32.2. The molecule has 2 rings (SSSR count). The number of benzene rings is 1. The lowest BCUT2D eigenvalue weighted by atomic mass is 9.84. The summed E-state index contributed by atoms with van der Waals surface area (Å²) >= 11 is 0. The molecule has 1 atom stereocenters. The van der Waals surface area contributed by atoms with Gasteiger partial charge in [-0.25, -0.2) is 0 Å². The topological polar surface area (TPSA) is 55.4 Å². The van der Waals surface area contributed by atoms with E-state index in [1.165, 1.54) is 5.56 Å². The minimum Gasteiger partial charge on any atom is -0.257 e. The molecule has 1 saturated heterocycles. The van der Waals surface area contributed by atoms with Gasteiger partial charge in [0.2, 0.25) is 0 Å². The van der Waals surface area contributed by atoms with Crippen molar-refractivity contribution in [1.29, 1.82) is 0 Å². The molecule has 1 aliphatic rings. The molecule has 88 valence electrons. The summed E-state index contributed by atoms with van der Waals surface area (Å²) in [5.74, 6) is 0. The standard InChI is InChI=1S/C11H15NO3S/c1-11(7-10-5-3-2-4-6-10)8-12-16(13,14)15-9-11/h2-6,12H,7-9H2,1H3. The summed E-state index contributed by atoms with van der Waals surface area (Å²) < 4.78 is 29.3. The van der Waals surface area contributed by atoms with Gasteiger partial charge in [0.05, 0.1) is 6.61 Å². The van der Waals surface area contributed by atoms with Gasteiger partial charge in [0.15, 0.2) is 0 Å². The zero-order valence-electron chi connectivity index (χ0n) is 9.14. The monoisotopic (exact) mass is 241 g/mol. The fraction of sp³-hybridized carbons (Fsp3) is 0.455. The van der Waals surface area contributed by atoms with Crippen LogP contribution in [0.2, 0.25) is 0 Å². The van der Waals surface area contributed by atoms with E-state index in [1.807, 2.05) is 37.3 Å². The lowest BCUT2D eigenvalue weighted by Gasteiger charge is -2.33. The van der Waals surface area contributed by atoms with E-state index < -0.39 is 10.3 Å². The van der Waals surface area contributed by atoms with Crippen LogP contribution in [-0.2, 0) is 20.9 Å². The molecule has 1 aliphatic heterocycles. The predicted octanol–water partition coefficient (Wildman–Crippen LogP) is 1.10. The van der Waals surface area contributed by atoms with E-state index in [0.29, 0.717) is 6.54 Å². The Hall–Kier alpha value is -0.910. The summed E-state index contributed by atoms with van der Waals surface area (Å²) in [6.07, 6.45) is 0.802.